The molecule has 1 heterocycles. The van der Waals surface area contributed by atoms with E-state index in [1.807, 2.05) is 11.3 Å². The minimum Gasteiger partial charge on any atom is -0.149 e. The van der Waals surface area contributed by atoms with Crippen molar-refractivity contribution in [1.29, 1.82) is 0 Å². The van der Waals surface area contributed by atoms with E-state index in [-0.39, 0.29) is 0 Å². The van der Waals surface area contributed by atoms with E-state index in [2.05, 4.69) is 17.5 Å². The van der Waals surface area contributed by atoms with Crippen LogP contribution in [0.3, 0.4) is 0 Å². The molecule has 1 aliphatic rings. The molecule has 1 fully saturated rings. The van der Waals surface area contributed by atoms with Crippen LogP contribution in [0, 0.1) is 5.92 Å². The summed E-state index contributed by atoms with van der Waals surface area (Å²) in [5, 5.41) is 2.17. The fraction of sp³-hybridized carbons (Fsp3) is 0.556. The summed E-state index contributed by atoms with van der Waals surface area (Å²) in [5.74, 6) is 1.03. The average Bonchev–Trinajstić information content (AvgIpc) is 2.29. The summed E-state index contributed by atoms with van der Waals surface area (Å²) in [5.41, 5.74) is 0. The van der Waals surface area contributed by atoms with Gasteiger partial charge in [0.1, 0.15) is 0 Å². The summed E-state index contributed by atoms with van der Waals surface area (Å²) in [4.78, 5) is 1.57. The van der Waals surface area contributed by atoms with Crippen LogP contribution in [0.4, 0.5) is 0 Å². The molecule has 0 saturated heterocycles. The second kappa shape index (κ2) is 2.75. The molecule has 0 atom stereocenters. The Balaban J connectivity index is 1.90. The maximum Gasteiger partial charge on any atom is 0.00479 e. The lowest BCUT2D eigenvalue weighted by molar-refractivity contribution is 0.316. The predicted molar refractivity (Wildman–Crippen MR) is 45.4 cm³/mol. The van der Waals surface area contributed by atoms with Crippen LogP contribution in [0.25, 0.3) is 0 Å². The molecule has 0 nitrogen and oxygen atoms in total. The van der Waals surface area contributed by atoms with E-state index >= 15 is 0 Å². The smallest absolute Gasteiger partial charge is 0.00479 e. The van der Waals surface area contributed by atoms with Crippen molar-refractivity contribution in [2.45, 2.75) is 25.7 Å². The topological polar surface area (TPSA) is 0 Å². The first-order valence-electron chi connectivity index (χ1n) is 3.97. The molecule has 54 valence electrons. The Morgan fingerprint density at radius 3 is 2.90 bits per heavy atom. The van der Waals surface area contributed by atoms with Gasteiger partial charge in [-0.2, -0.15) is 0 Å². The Bertz CT molecular complexity index is 185. The third kappa shape index (κ3) is 1.24. The first-order valence-corrected chi connectivity index (χ1v) is 4.85. The fourth-order valence-corrected chi connectivity index (χ4v) is 2.23. The standard InChI is InChI=1S/C9H12S/c1-3-8(4-1)7-9-5-2-6-10-9/h2,5-6,8H,1,3-4,7H2. The number of hydrogen-bond acceptors (Lipinski definition) is 1. The molecule has 0 aliphatic heterocycles. The molecular formula is C9H12S. The SMILES string of the molecule is c1csc(CC2CCC2)c1. The molecule has 0 N–H and O–H groups in total. The van der Waals surface area contributed by atoms with Gasteiger partial charge in [0.15, 0.2) is 0 Å². The van der Waals surface area contributed by atoms with Crippen LogP contribution >= 0.6 is 11.3 Å². The third-order valence-corrected chi connectivity index (χ3v) is 3.19. The highest BCUT2D eigenvalue weighted by molar-refractivity contribution is 7.09. The first kappa shape index (κ1) is 6.41. The minimum atomic E-state index is 1.03. The van der Waals surface area contributed by atoms with Gasteiger partial charge < -0.3 is 0 Å². The number of hydrogen-bond donors (Lipinski definition) is 0. The van der Waals surface area contributed by atoms with Gasteiger partial charge in [0.2, 0.25) is 0 Å². The van der Waals surface area contributed by atoms with Crippen molar-refractivity contribution in [2.24, 2.45) is 5.92 Å². The molecule has 0 bridgehead atoms. The van der Waals surface area contributed by atoms with Crippen molar-refractivity contribution in [1.82, 2.24) is 0 Å². The van der Waals surface area contributed by atoms with Gasteiger partial charge in [-0.3, -0.25) is 0 Å². The third-order valence-electron chi connectivity index (χ3n) is 2.29. The van der Waals surface area contributed by atoms with Crippen LogP contribution in [-0.4, -0.2) is 0 Å². The van der Waals surface area contributed by atoms with Gasteiger partial charge in [0, 0.05) is 4.88 Å². The summed E-state index contributed by atoms with van der Waals surface area (Å²) < 4.78 is 0. The van der Waals surface area contributed by atoms with Crippen LogP contribution in [0.5, 0.6) is 0 Å². The molecule has 0 amide bonds. The summed E-state index contributed by atoms with van der Waals surface area (Å²) >= 11 is 1.90. The molecule has 1 aliphatic carbocycles. The highest BCUT2D eigenvalue weighted by atomic mass is 32.1. The van der Waals surface area contributed by atoms with Crippen molar-refractivity contribution in [3.05, 3.63) is 22.4 Å². The molecule has 1 heteroatoms. The molecule has 1 aromatic rings. The zero-order valence-electron chi connectivity index (χ0n) is 6.05. The molecule has 0 aromatic carbocycles. The zero-order chi connectivity index (χ0) is 6.81. The van der Waals surface area contributed by atoms with Gasteiger partial charge in [0.05, 0.1) is 0 Å². The quantitative estimate of drug-likeness (QED) is 0.611. The van der Waals surface area contributed by atoms with Gasteiger partial charge in [-0.05, 0) is 23.8 Å². The lowest BCUT2D eigenvalue weighted by atomic mass is 9.83. The lowest BCUT2D eigenvalue weighted by Gasteiger charge is -2.24. The van der Waals surface area contributed by atoms with E-state index in [0.29, 0.717) is 0 Å². The summed E-state index contributed by atoms with van der Waals surface area (Å²) in [6.07, 6.45) is 5.75. The first-order chi connectivity index (χ1) is 4.95. The van der Waals surface area contributed by atoms with E-state index in [4.69, 9.17) is 0 Å². The molecule has 0 radical (unpaired) electrons. The van der Waals surface area contributed by atoms with Crippen LogP contribution in [0.1, 0.15) is 24.1 Å². The average molecular weight is 152 g/mol. The van der Waals surface area contributed by atoms with Gasteiger partial charge in [-0.15, -0.1) is 11.3 Å². The van der Waals surface area contributed by atoms with Gasteiger partial charge in [0.25, 0.3) is 0 Å². The fourth-order valence-electron chi connectivity index (χ4n) is 1.41. The molecular weight excluding hydrogens is 140 g/mol. The van der Waals surface area contributed by atoms with Gasteiger partial charge in [-0.25, -0.2) is 0 Å². The van der Waals surface area contributed by atoms with Gasteiger partial charge >= 0.3 is 0 Å². The molecule has 0 unspecified atom stereocenters. The van der Waals surface area contributed by atoms with Crippen molar-refractivity contribution >= 4 is 11.3 Å². The summed E-state index contributed by atoms with van der Waals surface area (Å²) in [6.45, 7) is 0. The van der Waals surface area contributed by atoms with E-state index in [0.717, 1.165) is 5.92 Å². The van der Waals surface area contributed by atoms with Crippen molar-refractivity contribution in [3.63, 3.8) is 0 Å². The molecule has 1 saturated carbocycles. The number of thiophene rings is 1. The monoisotopic (exact) mass is 152 g/mol. The second-order valence-corrected chi connectivity index (χ2v) is 4.11. The number of rotatable bonds is 2. The largest absolute Gasteiger partial charge is 0.149 e. The van der Waals surface area contributed by atoms with Crippen LogP contribution in [0.2, 0.25) is 0 Å². The second-order valence-electron chi connectivity index (χ2n) is 3.08. The Morgan fingerprint density at radius 1 is 1.50 bits per heavy atom. The highest BCUT2D eigenvalue weighted by Gasteiger charge is 2.17. The molecule has 10 heavy (non-hydrogen) atoms. The Kier molecular flexibility index (Phi) is 1.76. The predicted octanol–water partition coefficient (Wildman–Crippen LogP) is 3.09. The van der Waals surface area contributed by atoms with Crippen LogP contribution < -0.4 is 0 Å². The highest BCUT2D eigenvalue weighted by Crippen LogP contribution is 2.30. The zero-order valence-corrected chi connectivity index (χ0v) is 6.86. The lowest BCUT2D eigenvalue weighted by Crippen LogP contribution is -2.12. The molecule has 0 spiro atoms. The Morgan fingerprint density at radius 2 is 2.40 bits per heavy atom. The maximum absolute atomic E-state index is 2.25. The van der Waals surface area contributed by atoms with E-state index in [1.54, 1.807) is 4.88 Å². The van der Waals surface area contributed by atoms with Crippen molar-refractivity contribution < 1.29 is 0 Å². The van der Waals surface area contributed by atoms with Crippen LogP contribution in [0.15, 0.2) is 17.5 Å². The maximum atomic E-state index is 2.25. The normalized spacial score (nSPS) is 18.8. The molecule has 2 rings (SSSR count). The van der Waals surface area contributed by atoms with Gasteiger partial charge in [-0.1, -0.05) is 25.3 Å². The van der Waals surface area contributed by atoms with Crippen molar-refractivity contribution in [3.8, 4) is 0 Å². The minimum absolute atomic E-state index is 1.03. The van der Waals surface area contributed by atoms with Crippen molar-refractivity contribution in [2.75, 3.05) is 0 Å². The summed E-state index contributed by atoms with van der Waals surface area (Å²) in [7, 11) is 0. The van der Waals surface area contributed by atoms with Crippen LogP contribution in [-0.2, 0) is 6.42 Å². The Hall–Kier alpha value is -0.300. The van der Waals surface area contributed by atoms with E-state index in [9.17, 15) is 0 Å². The van der Waals surface area contributed by atoms with E-state index < -0.39 is 0 Å². The van der Waals surface area contributed by atoms with E-state index in [1.165, 1.54) is 25.7 Å². The summed E-state index contributed by atoms with van der Waals surface area (Å²) in [6, 6.07) is 4.40. The molecule has 1 aromatic heterocycles. The Labute approximate surface area is 65.9 Å².